The maximum Gasteiger partial charge on any atom is 0.293 e. The molecule has 2 aliphatic rings. The number of hydrogen-bond acceptors (Lipinski definition) is 6. The van der Waals surface area contributed by atoms with Crippen molar-refractivity contribution in [3.8, 4) is 12.1 Å². The zero-order valence-corrected chi connectivity index (χ0v) is 15.0. The number of nitrogens with two attached hydrogens (primary N) is 1. The fourth-order valence-electron chi connectivity index (χ4n) is 3.93. The predicted molar refractivity (Wildman–Crippen MR) is 90.6 cm³/mol. The first-order valence-corrected chi connectivity index (χ1v) is 8.51. The Morgan fingerprint density at radius 3 is 2.33 bits per heavy atom. The van der Waals surface area contributed by atoms with Crippen molar-refractivity contribution in [1.29, 1.82) is 10.5 Å². The zero-order chi connectivity index (χ0) is 17.6. The standard InChI is InChI=1S/C17H17BrN4O2/c1-3-23-17(24-4-2)16(10-20)13(11-7-5-6-8-12(11)18)15(16,9-19)14(21)22-17/h5-8,13H,3-4H2,1-2H3,(H2,21,22)/t13-,15+,16+/m1/s1. The van der Waals surface area contributed by atoms with E-state index in [1.54, 1.807) is 13.8 Å². The van der Waals surface area contributed by atoms with Crippen molar-refractivity contribution >= 4 is 21.8 Å². The second-order valence-corrected chi connectivity index (χ2v) is 6.59. The Balaban J connectivity index is 2.25. The van der Waals surface area contributed by atoms with Gasteiger partial charge in [0.2, 0.25) is 0 Å². The molecule has 0 unspecified atom stereocenters. The van der Waals surface area contributed by atoms with E-state index in [1.807, 2.05) is 24.3 Å². The summed E-state index contributed by atoms with van der Waals surface area (Å²) in [5.74, 6) is -1.95. The number of nitrogens with zero attached hydrogens (tertiary/aromatic N) is 3. The monoisotopic (exact) mass is 388 g/mol. The van der Waals surface area contributed by atoms with Gasteiger partial charge in [-0.2, -0.15) is 10.5 Å². The largest absolute Gasteiger partial charge is 0.386 e. The normalized spacial score (nSPS) is 32.4. The molecule has 1 fully saturated rings. The third kappa shape index (κ3) is 1.67. The summed E-state index contributed by atoms with van der Waals surface area (Å²) in [6.07, 6.45) is 0. The molecule has 0 saturated heterocycles. The summed E-state index contributed by atoms with van der Waals surface area (Å²) < 4.78 is 12.4. The minimum Gasteiger partial charge on any atom is -0.386 e. The number of aliphatic imine (C=N–C) groups is 1. The topological polar surface area (TPSA) is 104 Å². The molecule has 2 N–H and O–H groups in total. The molecule has 1 aromatic carbocycles. The van der Waals surface area contributed by atoms with Crippen LogP contribution in [0, 0.1) is 33.5 Å². The van der Waals surface area contributed by atoms with Crippen LogP contribution in [0.15, 0.2) is 33.7 Å². The summed E-state index contributed by atoms with van der Waals surface area (Å²) in [6, 6.07) is 12.0. The molecule has 24 heavy (non-hydrogen) atoms. The molecule has 0 amide bonds. The summed E-state index contributed by atoms with van der Waals surface area (Å²) in [7, 11) is 0. The van der Waals surface area contributed by atoms with Gasteiger partial charge in [-0.05, 0) is 25.5 Å². The fraction of sp³-hybridized carbons (Fsp3) is 0.471. The van der Waals surface area contributed by atoms with Gasteiger partial charge >= 0.3 is 0 Å². The lowest BCUT2D eigenvalue weighted by atomic mass is 9.93. The lowest BCUT2D eigenvalue weighted by Crippen LogP contribution is -2.43. The van der Waals surface area contributed by atoms with Crippen LogP contribution in [0.4, 0.5) is 0 Å². The van der Waals surface area contributed by atoms with Crippen LogP contribution in [-0.4, -0.2) is 25.0 Å². The number of fused-ring (bicyclic) bond motifs is 1. The molecule has 3 rings (SSSR count). The maximum atomic E-state index is 10.1. The van der Waals surface area contributed by atoms with Gasteiger partial charge in [0, 0.05) is 23.6 Å². The van der Waals surface area contributed by atoms with Crippen LogP contribution < -0.4 is 5.73 Å². The van der Waals surface area contributed by atoms with Gasteiger partial charge in [0.1, 0.15) is 11.3 Å². The number of ether oxygens (including phenoxy) is 2. The first-order valence-electron chi connectivity index (χ1n) is 7.72. The summed E-state index contributed by atoms with van der Waals surface area (Å²) in [4.78, 5) is 4.31. The smallest absolute Gasteiger partial charge is 0.293 e. The van der Waals surface area contributed by atoms with E-state index < -0.39 is 22.7 Å². The number of amidine groups is 1. The molecular weight excluding hydrogens is 372 g/mol. The number of benzene rings is 1. The van der Waals surface area contributed by atoms with E-state index in [9.17, 15) is 10.5 Å². The second kappa shape index (κ2) is 5.56. The summed E-state index contributed by atoms with van der Waals surface area (Å²) in [5, 5.41) is 20.0. The SMILES string of the molecule is CCOC1(OCC)N=C(N)[C@]2(C#N)[C@@H](c3ccccc3Br)[C@]12C#N. The molecule has 1 heterocycles. The molecule has 1 aliphatic heterocycles. The van der Waals surface area contributed by atoms with Crippen LogP contribution in [0.2, 0.25) is 0 Å². The molecular formula is C17H17BrN4O2. The van der Waals surface area contributed by atoms with Gasteiger partial charge in [0.05, 0.1) is 12.1 Å². The van der Waals surface area contributed by atoms with E-state index in [-0.39, 0.29) is 19.0 Å². The molecule has 0 radical (unpaired) electrons. The second-order valence-electron chi connectivity index (χ2n) is 5.74. The Bertz CT molecular complexity index is 791. The van der Waals surface area contributed by atoms with Crippen LogP contribution in [0.3, 0.4) is 0 Å². The number of nitriles is 2. The number of rotatable bonds is 5. The highest BCUT2D eigenvalue weighted by atomic mass is 79.9. The highest BCUT2D eigenvalue weighted by molar-refractivity contribution is 9.10. The van der Waals surface area contributed by atoms with Gasteiger partial charge in [-0.25, -0.2) is 4.99 Å². The minimum atomic E-state index is -1.56. The molecule has 6 nitrogen and oxygen atoms in total. The fourth-order valence-corrected chi connectivity index (χ4v) is 4.44. The molecule has 1 aromatic rings. The van der Waals surface area contributed by atoms with Crippen molar-refractivity contribution in [2.45, 2.75) is 25.7 Å². The summed E-state index contributed by atoms with van der Waals surface area (Å²) in [6.45, 7) is 4.15. The minimum absolute atomic E-state index is 0.0919. The van der Waals surface area contributed by atoms with E-state index in [0.717, 1.165) is 10.0 Å². The predicted octanol–water partition coefficient (Wildman–Crippen LogP) is 2.66. The van der Waals surface area contributed by atoms with Gasteiger partial charge in [-0.1, -0.05) is 34.1 Å². The Morgan fingerprint density at radius 1 is 1.21 bits per heavy atom. The molecule has 1 saturated carbocycles. The summed E-state index contributed by atoms with van der Waals surface area (Å²) in [5.41, 5.74) is 4.40. The van der Waals surface area contributed by atoms with Crippen molar-refractivity contribution in [3.63, 3.8) is 0 Å². The van der Waals surface area contributed by atoms with Gasteiger partial charge in [0.25, 0.3) is 5.91 Å². The van der Waals surface area contributed by atoms with Gasteiger partial charge < -0.3 is 15.2 Å². The molecule has 7 heteroatoms. The van der Waals surface area contributed by atoms with Crippen molar-refractivity contribution in [2.75, 3.05) is 13.2 Å². The van der Waals surface area contributed by atoms with E-state index >= 15 is 0 Å². The lowest BCUT2D eigenvalue weighted by molar-refractivity contribution is -0.255. The van der Waals surface area contributed by atoms with E-state index in [2.05, 4.69) is 33.1 Å². The Kier molecular flexibility index (Phi) is 3.92. The molecule has 1 aliphatic carbocycles. The zero-order valence-electron chi connectivity index (χ0n) is 13.4. The van der Waals surface area contributed by atoms with Crippen LogP contribution in [0.5, 0.6) is 0 Å². The molecule has 124 valence electrons. The highest BCUT2D eigenvalue weighted by Gasteiger charge is 2.93. The number of halogens is 1. The third-order valence-electron chi connectivity index (χ3n) is 4.82. The molecule has 3 atom stereocenters. The highest BCUT2D eigenvalue weighted by Crippen LogP contribution is 2.82. The van der Waals surface area contributed by atoms with Crippen LogP contribution in [0.25, 0.3) is 0 Å². The van der Waals surface area contributed by atoms with Crippen molar-refractivity contribution < 1.29 is 9.47 Å². The summed E-state index contributed by atoms with van der Waals surface area (Å²) >= 11 is 3.51. The number of hydrogen-bond donors (Lipinski definition) is 1. The third-order valence-corrected chi connectivity index (χ3v) is 5.55. The van der Waals surface area contributed by atoms with Crippen molar-refractivity contribution in [3.05, 3.63) is 34.3 Å². The van der Waals surface area contributed by atoms with Crippen LogP contribution in [-0.2, 0) is 9.47 Å². The van der Waals surface area contributed by atoms with Gasteiger partial charge in [0.15, 0.2) is 5.41 Å². The maximum absolute atomic E-state index is 10.1. The first kappa shape index (κ1) is 16.9. The van der Waals surface area contributed by atoms with Gasteiger partial charge in [-0.3, -0.25) is 0 Å². The van der Waals surface area contributed by atoms with Gasteiger partial charge in [-0.15, -0.1) is 0 Å². The van der Waals surface area contributed by atoms with E-state index in [1.165, 1.54) is 0 Å². The van der Waals surface area contributed by atoms with Crippen LogP contribution >= 0.6 is 15.9 Å². The average Bonchev–Trinajstić information content (AvgIpc) is 3.14. The Labute approximate surface area is 149 Å². The Hall–Kier alpha value is -1.93. The molecule has 0 spiro atoms. The van der Waals surface area contributed by atoms with Crippen LogP contribution in [0.1, 0.15) is 25.3 Å². The van der Waals surface area contributed by atoms with E-state index in [0.29, 0.717) is 0 Å². The van der Waals surface area contributed by atoms with Crippen molar-refractivity contribution in [1.82, 2.24) is 0 Å². The molecule has 0 bridgehead atoms. The van der Waals surface area contributed by atoms with E-state index in [4.69, 9.17) is 15.2 Å². The Morgan fingerprint density at radius 2 is 1.83 bits per heavy atom. The quantitative estimate of drug-likeness (QED) is 0.780. The first-order chi connectivity index (χ1) is 11.5. The lowest BCUT2D eigenvalue weighted by Gasteiger charge is -2.31. The van der Waals surface area contributed by atoms with Crippen molar-refractivity contribution in [2.24, 2.45) is 21.6 Å². The molecule has 0 aromatic heterocycles. The average molecular weight is 389 g/mol.